The topological polar surface area (TPSA) is 51.2 Å². The van der Waals surface area contributed by atoms with Gasteiger partial charge in [0.2, 0.25) is 5.88 Å². The van der Waals surface area contributed by atoms with Gasteiger partial charge in [-0.05, 0) is 41.9 Å². The van der Waals surface area contributed by atoms with E-state index in [1.165, 1.54) is 5.56 Å². The van der Waals surface area contributed by atoms with Crippen LogP contribution in [-0.2, 0) is 0 Å². The number of amides is 1. The van der Waals surface area contributed by atoms with Crippen molar-refractivity contribution in [2.24, 2.45) is 0 Å². The second-order valence-corrected chi connectivity index (χ2v) is 7.37. The summed E-state index contributed by atoms with van der Waals surface area (Å²) in [6.07, 6.45) is 2.86. The first-order valence-corrected chi connectivity index (χ1v) is 9.39. The van der Waals surface area contributed by atoms with Crippen LogP contribution in [0.5, 0.6) is 5.88 Å². The van der Waals surface area contributed by atoms with Crippen LogP contribution in [-0.4, -0.2) is 28.5 Å². The number of carbonyl (C=O) groups is 1. The van der Waals surface area contributed by atoms with Gasteiger partial charge in [0.25, 0.3) is 5.91 Å². The molecule has 5 heteroatoms. The third-order valence-corrected chi connectivity index (χ3v) is 5.14. The number of ether oxygens (including phenoxy) is 1. The fourth-order valence-corrected chi connectivity index (χ4v) is 3.61. The Morgan fingerprint density at radius 2 is 2.04 bits per heavy atom. The second-order valence-electron chi connectivity index (χ2n) is 6.22. The van der Waals surface area contributed by atoms with Crippen molar-refractivity contribution >= 4 is 23.4 Å². The second kappa shape index (κ2) is 7.71. The van der Waals surface area contributed by atoms with Gasteiger partial charge in [0, 0.05) is 23.7 Å². The van der Waals surface area contributed by atoms with E-state index in [-0.39, 0.29) is 12.0 Å². The van der Waals surface area contributed by atoms with Crippen molar-refractivity contribution in [3.05, 3.63) is 53.7 Å². The third-order valence-electron chi connectivity index (χ3n) is 4.01. The number of nitrogens with zero attached hydrogens (tertiary/aromatic N) is 1. The summed E-state index contributed by atoms with van der Waals surface area (Å²) >= 11 is 1.90. The van der Waals surface area contributed by atoms with E-state index in [1.54, 1.807) is 18.3 Å². The monoisotopic (exact) mass is 342 g/mol. The maximum atomic E-state index is 12.3. The van der Waals surface area contributed by atoms with Crippen LogP contribution in [0.15, 0.2) is 42.6 Å². The fraction of sp³-hybridized carbons (Fsp3) is 0.368. The molecule has 0 spiro atoms. The Bertz CT molecular complexity index is 678. The molecule has 24 heavy (non-hydrogen) atoms. The highest BCUT2D eigenvalue weighted by Crippen LogP contribution is 2.22. The van der Waals surface area contributed by atoms with Crippen molar-refractivity contribution in [1.29, 1.82) is 0 Å². The lowest BCUT2D eigenvalue weighted by atomic mass is 10.0. The maximum Gasteiger partial charge on any atom is 0.257 e. The first-order chi connectivity index (χ1) is 11.6. The van der Waals surface area contributed by atoms with Crippen LogP contribution in [0, 0.1) is 0 Å². The molecular formula is C19H22N2O2S. The SMILES string of the molecule is CC(C)c1ccc(NC(=O)c2ccc(OC3CCSC3)nc2)cc1. The minimum atomic E-state index is -0.164. The smallest absolute Gasteiger partial charge is 0.257 e. The number of benzene rings is 1. The molecule has 0 radical (unpaired) electrons. The molecule has 1 aromatic heterocycles. The molecule has 126 valence electrons. The summed E-state index contributed by atoms with van der Waals surface area (Å²) in [4.78, 5) is 16.5. The van der Waals surface area contributed by atoms with Crippen LogP contribution >= 0.6 is 11.8 Å². The van der Waals surface area contributed by atoms with Gasteiger partial charge in [-0.3, -0.25) is 4.79 Å². The van der Waals surface area contributed by atoms with E-state index in [0.29, 0.717) is 17.4 Å². The van der Waals surface area contributed by atoms with Gasteiger partial charge in [-0.25, -0.2) is 4.98 Å². The summed E-state index contributed by atoms with van der Waals surface area (Å²) in [6, 6.07) is 11.4. The number of hydrogen-bond donors (Lipinski definition) is 1. The van der Waals surface area contributed by atoms with E-state index in [4.69, 9.17) is 4.74 Å². The highest BCUT2D eigenvalue weighted by atomic mass is 32.2. The summed E-state index contributed by atoms with van der Waals surface area (Å²) in [5.41, 5.74) is 2.56. The molecule has 1 unspecified atom stereocenters. The van der Waals surface area contributed by atoms with Crippen molar-refractivity contribution in [2.75, 3.05) is 16.8 Å². The Labute approximate surface area is 147 Å². The van der Waals surface area contributed by atoms with E-state index in [0.717, 1.165) is 23.6 Å². The van der Waals surface area contributed by atoms with Crippen molar-refractivity contribution in [3.8, 4) is 5.88 Å². The first-order valence-electron chi connectivity index (χ1n) is 8.23. The van der Waals surface area contributed by atoms with Crippen LogP contribution in [0.2, 0.25) is 0 Å². The Morgan fingerprint density at radius 1 is 1.25 bits per heavy atom. The Kier molecular flexibility index (Phi) is 5.41. The van der Waals surface area contributed by atoms with Crippen molar-refractivity contribution < 1.29 is 9.53 Å². The summed E-state index contributed by atoms with van der Waals surface area (Å²) in [5.74, 6) is 3.05. The van der Waals surface area contributed by atoms with Gasteiger partial charge < -0.3 is 10.1 Å². The number of pyridine rings is 1. The predicted octanol–water partition coefficient (Wildman–Crippen LogP) is 4.34. The number of carbonyl (C=O) groups excluding carboxylic acids is 1. The fourth-order valence-electron chi connectivity index (χ4n) is 2.52. The number of nitrogens with one attached hydrogen (secondary N) is 1. The minimum Gasteiger partial charge on any atom is -0.473 e. The van der Waals surface area contributed by atoms with Crippen LogP contribution in [0.3, 0.4) is 0 Å². The molecule has 1 saturated heterocycles. The zero-order valence-electron chi connectivity index (χ0n) is 14.0. The van der Waals surface area contributed by atoms with Crippen molar-refractivity contribution in [3.63, 3.8) is 0 Å². The lowest BCUT2D eigenvalue weighted by molar-refractivity contribution is 0.102. The van der Waals surface area contributed by atoms with Crippen molar-refractivity contribution in [2.45, 2.75) is 32.3 Å². The van der Waals surface area contributed by atoms with Gasteiger partial charge in [0.05, 0.1) is 5.56 Å². The zero-order chi connectivity index (χ0) is 16.9. The minimum absolute atomic E-state index is 0.164. The highest BCUT2D eigenvalue weighted by molar-refractivity contribution is 7.99. The van der Waals surface area contributed by atoms with Crippen LogP contribution < -0.4 is 10.1 Å². The number of anilines is 1. The van der Waals surface area contributed by atoms with Gasteiger partial charge in [0.15, 0.2) is 0 Å². The number of hydrogen-bond acceptors (Lipinski definition) is 4. The van der Waals surface area contributed by atoms with Gasteiger partial charge in [-0.1, -0.05) is 26.0 Å². The van der Waals surface area contributed by atoms with Gasteiger partial charge >= 0.3 is 0 Å². The molecule has 1 N–H and O–H groups in total. The number of rotatable bonds is 5. The Morgan fingerprint density at radius 3 is 2.62 bits per heavy atom. The van der Waals surface area contributed by atoms with E-state index >= 15 is 0 Å². The van der Waals surface area contributed by atoms with Crippen LogP contribution in [0.25, 0.3) is 0 Å². The normalized spacial score (nSPS) is 17.0. The quantitative estimate of drug-likeness (QED) is 0.878. The molecule has 1 aliphatic heterocycles. The number of aromatic nitrogens is 1. The Balaban J connectivity index is 1.60. The van der Waals surface area contributed by atoms with E-state index < -0.39 is 0 Å². The lowest BCUT2D eigenvalue weighted by Crippen LogP contribution is -2.16. The molecule has 1 aromatic carbocycles. The molecule has 1 amide bonds. The molecule has 1 fully saturated rings. The van der Waals surface area contributed by atoms with Gasteiger partial charge in [0.1, 0.15) is 6.10 Å². The third kappa shape index (κ3) is 4.29. The molecule has 2 aromatic rings. The molecule has 0 aliphatic carbocycles. The summed E-state index contributed by atoms with van der Waals surface area (Å²) in [5, 5.41) is 2.89. The molecule has 0 saturated carbocycles. The average molecular weight is 342 g/mol. The molecule has 1 aliphatic rings. The summed E-state index contributed by atoms with van der Waals surface area (Å²) in [6.45, 7) is 4.29. The Hall–Kier alpha value is -2.01. The molecule has 3 rings (SSSR count). The van der Waals surface area contributed by atoms with Gasteiger partial charge in [-0.15, -0.1) is 0 Å². The largest absolute Gasteiger partial charge is 0.473 e. The average Bonchev–Trinajstić information content (AvgIpc) is 3.09. The van der Waals surface area contributed by atoms with Crippen LogP contribution in [0.1, 0.15) is 42.1 Å². The molecule has 1 atom stereocenters. The first kappa shape index (κ1) is 16.8. The molecule has 0 bridgehead atoms. The van der Waals surface area contributed by atoms with E-state index in [9.17, 15) is 4.79 Å². The van der Waals surface area contributed by atoms with Crippen LogP contribution in [0.4, 0.5) is 5.69 Å². The molecule has 4 nitrogen and oxygen atoms in total. The predicted molar refractivity (Wildman–Crippen MR) is 99.1 cm³/mol. The standard InChI is InChI=1S/C19H22N2O2S/c1-13(2)14-3-6-16(7-4-14)21-19(22)15-5-8-18(20-11-15)23-17-9-10-24-12-17/h3-8,11,13,17H,9-10,12H2,1-2H3,(H,21,22). The number of thioether (sulfide) groups is 1. The van der Waals surface area contributed by atoms with Crippen molar-refractivity contribution in [1.82, 2.24) is 4.98 Å². The lowest BCUT2D eigenvalue weighted by Gasteiger charge is -2.12. The zero-order valence-corrected chi connectivity index (χ0v) is 14.8. The molecular weight excluding hydrogens is 320 g/mol. The maximum absolute atomic E-state index is 12.3. The van der Waals surface area contributed by atoms with E-state index in [1.807, 2.05) is 36.0 Å². The highest BCUT2D eigenvalue weighted by Gasteiger charge is 2.17. The summed E-state index contributed by atoms with van der Waals surface area (Å²) in [7, 11) is 0. The van der Waals surface area contributed by atoms with Gasteiger partial charge in [-0.2, -0.15) is 11.8 Å². The van der Waals surface area contributed by atoms with E-state index in [2.05, 4.69) is 24.1 Å². The summed E-state index contributed by atoms with van der Waals surface area (Å²) < 4.78 is 5.80. The molecule has 2 heterocycles.